The van der Waals surface area contributed by atoms with Crippen LogP contribution in [-0.4, -0.2) is 5.11 Å². The topological polar surface area (TPSA) is 20.2 Å². The molecule has 0 aliphatic heterocycles. The van der Waals surface area contributed by atoms with Crippen LogP contribution in [0.2, 0.25) is 5.02 Å². The Morgan fingerprint density at radius 2 is 1.75 bits per heavy atom. The molecule has 0 unspecified atom stereocenters. The second-order valence-corrected chi connectivity index (χ2v) is 3.54. The molecule has 66 valence electrons. The van der Waals surface area contributed by atoms with Crippen molar-refractivity contribution in [1.29, 1.82) is 0 Å². The maximum atomic E-state index is 9.34. The molecule has 0 aliphatic carbocycles. The second kappa shape index (κ2) is 3.46. The van der Waals surface area contributed by atoms with Crippen LogP contribution in [0.4, 0.5) is 0 Å². The third-order valence-electron chi connectivity index (χ3n) is 2.06. The van der Waals surface area contributed by atoms with E-state index in [1.54, 1.807) is 6.92 Å². The van der Waals surface area contributed by atoms with Gasteiger partial charge in [-0.3, -0.25) is 0 Å². The van der Waals surface area contributed by atoms with Gasteiger partial charge in [-0.05, 0) is 43.5 Å². The number of hydrogen-bond acceptors (Lipinski definition) is 1. The molecule has 0 bridgehead atoms. The lowest BCUT2D eigenvalue weighted by Crippen LogP contribution is -1.94. The summed E-state index contributed by atoms with van der Waals surface area (Å²) >= 11 is 5.94. The molecular weight excluding hydrogens is 172 g/mol. The summed E-state index contributed by atoms with van der Waals surface area (Å²) in [6.07, 6.45) is -0.489. The van der Waals surface area contributed by atoms with E-state index in [9.17, 15) is 5.11 Å². The van der Waals surface area contributed by atoms with Crippen LogP contribution < -0.4 is 0 Å². The first kappa shape index (κ1) is 9.56. The molecule has 1 nitrogen and oxygen atoms in total. The second-order valence-electron chi connectivity index (χ2n) is 3.13. The minimum atomic E-state index is -0.489. The van der Waals surface area contributed by atoms with Crippen molar-refractivity contribution in [1.82, 2.24) is 0 Å². The molecule has 0 heterocycles. The van der Waals surface area contributed by atoms with Crippen molar-refractivity contribution >= 4 is 11.6 Å². The van der Waals surface area contributed by atoms with Gasteiger partial charge in [-0.25, -0.2) is 0 Å². The molecule has 0 aliphatic rings. The first-order chi connectivity index (χ1) is 5.52. The van der Waals surface area contributed by atoms with E-state index in [1.165, 1.54) is 0 Å². The van der Waals surface area contributed by atoms with Crippen molar-refractivity contribution in [2.75, 3.05) is 0 Å². The summed E-state index contributed by atoms with van der Waals surface area (Å²) in [7, 11) is 0. The highest BCUT2D eigenvalue weighted by Crippen LogP contribution is 2.25. The smallest absolute Gasteiger partial charge is 0.0776 e. The van der Waals surface area contributed by atoms with Gasteiger partial charge in [0, 0.05) is 5.02 Å². The summed E-state index contributed by atoms with van der Waals surface area (Å²) in [5.41, 5.74) is 3.12. The Hall–Kier alpha value is -0.530. The van der Waals surface area contributed by atoms with Crippen molar-refractivity contribution in [3.8, 4) is 0 Å². The highest BCUT2D eigenvalue weighted by Gasteiger charge is 2.07. The zero-order valence-electron chi connectivity index (χ0n) is 7.56. The SMILES string of the molecule is Cc1cc(Cl)c([C@H](C)O)cc1C. The molecule has 1 atom stereocenters. The van der Waals surface area contributed by atoms with E-state index in [1.807, 2.05) is 26.0 Å². The fraction of sp³-hybridized carbons (Fsp3) is 0.400. The Bertz CT molecular complexity index is 292. The molecule has 1 aromatic carbocycles. The molecule has 0 spiro atoms. The molecule has 12 heavy (non-hydrogen) atoms. The van der Waals surface area contributed by atoms with Crippen LogP contribution in [0, 0.1) is 13.8 Å². The molecule has 0 aromatic heterocycles. The minimum absolute atomic E-state index is 0.489. The monoisotopic (exact) mass is 184 g/mol. The maximum Gasteiger partial charge on any atom is 0.0776 e. The fourth-order valence-electron chi connectivity index (χ4n) is 1.12. The quantitative estimate of drug-likeness (QED) is 0.712. The lowest BCUT2D eigenvalue weighted by molar-refractivity contribution is 0.199. The van der Waals surface area contributed by atoms with E-state index in [-0.39, 0.29) is 0 Å². The van der Waals surface area contributed by atoms with Crippen molar-refractivity contribution in [2.24, 2.45) is 0 Å². The van der Waals surface area contributed by atoms with Gasteiger partial charge >= 0.3 is 0 Å². The van der Waals surface area contributed by atoms with E-state index in [0.29, 0.717) is 5.02 Å². The van der Waals surface area contributed by atoms with Crippen LogP contribution >= 0.6 is 11.6 Å². The van der Waals surface area contributed by atoms with Crippen LogP contribution in [0.1, 0.15) is 29.7 Å². The van der Waals surface area contributed by atoms with Crippen molar-refractivity contribution in [2.45, 2.75) is 26.9 Å². The third kappa shape index (κ3) is 1.79. The molecule has 0 amide bonds. The van der Waals surface area contributed by atoms with E-state index in [0.717, 1.165) is 16.7 Å². The van der Waals surface area contributed by atoms with Crippen LogP contribution in [0.25, 0.3) is 0 Å². The summed E-state index contributed by atoms with van der Waals surface area (Å²) in [6, 6.07) is 3.82. The molecule has 0 saturated heterocycles. The normalized spacial score (nSPS) is 13.1. The average Bonchev–Trinajstić information content (AvgIpc) is 1.96. The number of benzene rings is 1. The molecule has 1 aromatic rings. The predicted octanol–water partition coefficient (Wildman–Crippen LogP) is 3.01. The highest BCUT2D eigenvalue weighted by atomic mass is 35.5. The molecule has 0 fully saturated rings. The number of rotatable bonds is 1. The fourth-order valence-corrected chi connectivity index (χ4v) is 1.50. The van der Waals surface area contributed by atoms with Crippen molar-refractivity contribution < 1.29 is 5.11 Å². The molecule has 2 heteroatoms. The molecule has 0 radical (unpaired) electrons. The number of aryl methyl sites for hydroxylation is 2. The van der Waals surface area contributed by atoms with Gasteiger partial charge in [0.2, 0.25) is 0 Å². The van der Waals surface area contributed by atoms with Gasteiger partial charge in [-0.1, -0.05) is 17.7 Å². The average molecular weight is 185 g/mol. The summed E-state index contributed by atoms with van der Waals surface area (Å²) < 4.78 is 0. The van der Waals surface area contributed by atoms with Gasteiger partial charge in [0.05, 0.1) is 6.10 Å². The minimum Gasteiger partial charge on any atom is -0.389 e. The molecule has 0 saturated carbocycles. The first-order valence-corrected chi connectivity index (χ1v) is 4.35. The molecule has 1 N–H and O–H groups in total. The van der Waals surface area contributed by atoms with Gasteiger partial charge in [0.1, 0.15) is 0 Å². The largest absolute Gasteiger partial charge is 0.389 e. The standard InChI is InChI=1S/C10H13ClO/c1-6-4-9(8(3)12)10(11)5-7(6)2/h4-5,8,12H,1-3H3/t8-/m0/s1. The van der Waals surface area contributed by atoms with Crippen LogP contribution in [0.5, 0.6) is 0 Å². The van der Waals surface area contributed by atoms with E-state index in [2.05, 4.69) is 0 Å². The van der Waals surface area contributed by atoms with Gasteiger partial charge in [0.25, 0.3) is 0 Å². The van der Waals surface area contributed by atoms with Gasteiger partial charge < -0.3 is 5.11 Å². The van der Waals surface area contributed by atoms with Crippen molar-refractivity contribution in [3.63, 3.8) is 0 Å². The van der Waals surface area contributed by atoms with Crippen LogP contribution in [0.15, 0.2) is 12.1 Å². The highest BCUT2D eigenvalue weighted by molar-refractivity contribution is 6.31. The Kier molecular flexibility index (Phi) is 2.76. The van der Waals surface area contributed by atoms with Crippen LogP contribution in [0.3, 0.4) is 0 Å². The van der Waals surface area contributed by atoms with E-state index in [4.69, 9.17) is 11.6 Å². The summed E-state index contributed by atoms with van der Waals surface area (Å²) in [5.74, 6) is 0. The lowest BCUT2D eigenvalue weighted by atomic mass is 10.0. The third-order valence-corrected chi connectivity index (χ3v) is 2.39. The Morgan fingerprint density at radius 1 is 1.25 bits per heavy atom. The lowest BCUT2D eigenvalue weighted by Gasteiger charge is -2.10. The Morgan fingerprint density at radius 3 is 2.25 bits per heavy atom. The van der Waals surface area contributed by atoms with Gasteiger partial charge in [-0.15, -0.1) is 0 Å². The number of halogens is 1. The molecule has 1 rings (SSSR count). The Labute approximate surface area is 78.0 Å². The number of aliphatic hydroxyl groups is 1. The van der Waals surface area contributed by atoms with Gasteiger partial charge in [-0.2, -0.15) is 0 Å². The molecular formula is C10H13ClO. The zero-order chi connectivity index (χ0) is 9.30. The predicted molar refractivity (Wildman–Crippen MR) is 51.6 cm³/mol. The zero-order valence-corrected chi connectivity index (χ0v) is 8.31. The maximum absolute atomic E-state index is 9.34. The summed E-state index contributed by atoms with van der Waals surface area (Å²) in [6.45, 7) is 5.74. The Balaban J connectivity index is 3.23. The van der Waals surface area contributed by atoms with Crippen LogP contribution in [-0.2, 0) is 0 Å². The van der Waals surface area contributed by atoms with Crippen molar-refractivity contribution in [3.05, 3.63) is 33.8 Å². The summed E-state index contributed by atoms with van der Waals surface area (Å²) in [4.78, 5) is 0. The van der Waals surface area contributed by atoms with E-state index < -0.39 is 6.10 Å². The number of aliphatic hydroxyl groups excluding tert-OH is 1. The number of hydrogen-bond donors (Lipinski definition) is 1. The summed E-state index contributed by atoms with van der Waals surface area (Å²) in [5, 5.41) is 9.98. The van der Waals surface area contributed by atoms with Gasteiger partial charge in [0.15, 0.2) is 0 Å². The first-order valence-electron chi connectivity index (χ1n) is 3.97. The van der Waals surface area contributed by atoms with E-state index >= 15 is 0 Å².